The van der Waals surface area contributed by atoms with Crippen LogP contribution in [-0.4, -0.2) is 26.8 Å². The highest BCUT2D eigenvalue weighted by Gasteiger charge is 2.33. The van der Waals surface area contributed by atoms with Gasteiger partial charge in [0.05, 0.1) is 23.3 Å². The van der Waals surface area contributed by atoms with Crippen LogP contribution in [0.25, 0.3) is 10.9 Å². The van der Waals surface area contributed by atoms with Crippen molar-refractivity contribution in [2.75, 3.05) is 5.32 Å². The molecule has 0 saturated heterocycles. The molecule has 190 valence electrons. The first-order valence-corrected chi connectivity index (χ1v) is 12.2. The summed E-state index contributed by atoms with van der Waals surface area (Å²) in [7, 11) is 0. The summed E-state index contributed by atoms with van der Waals surface area (Å²) in [6.07, 6.45) is 4.14. The van der Waals surface area contributed by atoms with E-state index >= 15 is 0 Å². The Kier molecular flexibility index (Phi) is 8.75. The molecule has 35 heavy (non-hydrogen) atoms. The zero-order valence-corrected chi connectivity index (χ0v) is 20.7. The number of halogens is 3. The van der Waals surface area contributed by atoms with Crippen molar-refractivity contribution < 1.29 is 22.7 Å². The van der Waals surface area contributed by atoms with Crippen molar-refractivity contribution in [2.24, 2.45) is 0 Å². The molecule has 1 aromatic carbocycles. The van der Waals surface area contributed by atoms with Crippen molar-refractivity contribution in [1.29, 1.82) is 0 Å². The van der Waals surface area contributed by atoms with Gasteiger partial charge in [-0.3, -0.25) is 9.48 Å². The lowest BCUT2D eigenvalue weighted by atomic mass is 9.96. The Morgan fingerprint density at radius 1 is 1.17 bits per heavy atom. The number of amides is 1. The number of nitrogens with zero attached hydrogens (tertiary/aromatic N) is 3. The number of hydrogen-bond acceptors (Lipinski definition) is 4. The summed E-state index contributed by atoms with van der Waals surface area (Å²) >= 11 is 0. The van der Waals surface area contributed by atoms with Crippen molar-refractivity contribution in [2.45, 2.75) is 84.5 Å². The van der Waals surface area contributed by atoms with E-state index in [1.165, 1.54) is 31.7 Å². The maximum absolute atomic E-state index is 13.0. The molecule has 3 aromatic rings. The molecule has 1 saturated carbocycles. The van der Waals surface area contributed by atoms with E-state index in [1.54, 1.807) is 12.1 Å². The molecule has 9 heteroatoms. The van der Waals surface area contributed by atoms with Crippen LogP contribution in [0.3, 0.4) is 0 Å². The highest BCUT2D eigenvalue weighted by atomic mass is 19.4. The molecule has 0 atom stereocenters. The summed E-state index contributed by atoms with van der Waals surface area (Å²) < 4.78 is 46.8. The van der Waals surface area contributed by atoms with Gasteiger partial charge in [0, 0.05) is 17.6 Å². The second kappa shape index (κ2) is 11.6. The van der Waals surface area contributed by atoms with E-state index in [1.807, 2.05) is 24.7 Å². The Morgan fingerprint density at radius 2 is 1.86 bits per heavy atom. The molecule has 1 amide bonds. The number of aromatic nitrogens is 3. The SMILES string of the molecule is CC(C)Oc1cc2nn(C3CCCCC3)cc2cc1NC(=O)c1cccc(C(F)(F)F)n1.CCC. The minimum atomic E-state index is -4.63. The zero-order chi connectivity index (χ0) is 25.6. The van der Waals surface area contributed by atoms with Crippen LogP contribution in [-0.2, 0) is 6.18 Å². The number of alkyl halides is 3. The normalized spacial score (nSPS) is 14.5. The minimum absolute atomic E-state index is 0.171. The van der Waals surface area contributed by atoms with Gasteiger partial charge in [-0.15, -0.1) is 0 Å². The van der Waals surface area contributed by atoms with Gasteiger partial charge >= 0.3 is 6.18 Å². The van der Waals surface area contributed by atoms with E-state index in [4.69, 9.17) is 9.84 Å². The molecule has 4 rings (SSSR count). The highest BCUT2D eigenvalue weighted by molar-refractivity contribution is 6.05. The second-order valence-corrected chi connectivity index (χ2v) is 9.04. The third-order valence-electron chi connectivity index (χ3n) is 5.46. The Bertz CT molecular complexity index is 1140. The van der Waals surface area contributed by atoms with Crippen LogP contribution in [0.4, 0.5) is 18.9 Å². The van der Waals surface area contributed by atoms with E-state index in [-0.39, 0.29) is 11.8 Å². The topological polar surface area (TPSA) is 69.0 Å². The number of anilines is 1. The third kappa shape index (κ3) is 6.96. The van der Waals surface area contributed by atoms with Gasteiger partial charge < -0.3 is 10.1 Å². The lowest BCUT2D eigenvalue weighted by Crippen LogP contribution is -2.18. The average molecular weight is 491 g/mol. The van der Waals surface area contributed by atoms with Crippen LogP contribution < -0.4 is 10.1 Å². The van der Waals surface area contributed by atoms with Crippen LogP contribution in [0, 0.1) is 0 Å². The summed E-state index contributed by atoms with van der Waals surface area (Å²) in [6.45, 7) is 7.95. The lowest BCUT2D eigenvalue weighted by Gasteiger charge is -2.21. The predicted molar refractivity (Wildman–Crippen MR) is 131 cm³/mol. The first-order valence-electron chi connectivity index (χ1n) is 12.2. The van der Waals surface area contributed by atoms with Crippen LogP contribution in [0.5, 0.6) is 5.75 Å². The van der Waals surface area contributed by atoms with Crippen molar-refractivity contribution in [3.05, 3.63) is 47.9 Å². The number of carbonyl (C=O) groups is 1. The Balaban J connectivity index is 0.00000108. The van der Waals surface area contributed by atoms with Crippen molar-refractivity contribution >= 4 is 22.5 Å². The number of pyridine rings is 1. The van der Waals surface area contributed by atoms with E-state index in [2.05, 4.69) is 24.1 Å². The van der Waals surface area contributed by atoms with Crippen LogP contribution in [0.1, 0.15) is 88.4 Å². The van der Waals surface area contributed by atoms with Gasteiger partial charge in [-0.1, -0.05) is 45.6 Å². The fourth-order valence-electron chi connectivity index (χ4n) is 3.96. The number of hydrogen-bond donors (Lipinski definition) is 1. The molecule has 1 aliphatic rings. The van der Waals surface area contributed by atoms with Gasteiger partial charge in [0.1, 0.15) is 17.1 Å². The molecular weight excluding hydrogens is 457 g/mol. The lowest BCUT2D eigenvalue weighted by molar-refractivity contribution is -0.141. The van der Waals surface area contributed by atoms with Crippen LogP contribution in [0.15, 0.2) is 36.5 Å². The summed E-state index contributed by atoms with van der Waals surface area (Å²) in [5, 5.41) is 8.19. The summed E-state index contributed by atoms with van der Waals surface area (Å²) in [4.78, 5) is 16.2. The van der Waals surface area contributed by atoms with E-state index in [0.717, 1.165) is 35.9 Å². The van der Waals surface area contributed by atoms with Gasteiger partial charge in [0.25, 0.3) is 5.91 Å². The molecule has 0 unspecified atom stereocenters. The Hall–Kier alpha value is -3.10. The zero-order valence-electron chi connectivity index (χ0n) is 20.7. The average Bonchev–Trinajstić information content (AvgIpc) is 3.22. The number of nitrogens with one attached hydrogen (secondary N) is 1. The quantitative estimate of drug-likeness (QED) is 0.404. The standard InChI is InChI=1S/C23H25F3N4O2.C3H8/c1-14(2)32-20-12-18-15(13-30(29-18)16-7-4-3-5-8-16)11-19(20)28-22(31)17-9-6-10-21(27-17)23(24,25)26;1-3-2/h6,9-14,16H,3-5,7-8H2,1-2H3,(H,28,31);3H2,1-2H3. The molecule has 0 bridgehead atoms. The van der Waals surface area contributed by atoms with Crippen molar-refractivity contribution in [3.8, 4) is 5.75 Å². The minimum Gasteiger partial charge on any atom is -0.489 e. The molecule has 1 fully saturated rings. The third-order valence-corrected chi connectivity index (χ3v) is 5.46. The summed E-state index contributed by atoms with van der Waals surface area (Å²) in [5.74, 6) is -0.342. The maximum atomic E-state index is 13.0. The molecular formula is C26H33F3N4O2. The molecule has 6 nitrogen and oxygen atoms in total. The fourth-order valence-corrected chi connectivity index (χ4v) is 3.96. The number of ether oxygens (including phenoxy) is 1. The first-order chi connectivity index (χ1) is 16.6. The number of fused-ring (bicyclic) bond motifs is 1. The number of rotatable bonds is 5. The number of carbonyl (C=O) groups excluding carboxylic acids is 1. The fraction of sp³-hybridized carbons (Fsp3) is 0.500. The van der Waals surface area contributed by atoms with Gasteiger partial charge in [-0.05, 0) is 44.9 Å². The molecule has 2 heterocycles. The monoisotopic (exact) mass is 490 g/mol. The van der Waals surface area contributed by atoms with Gasteiger partial charge in [0.2, 0.25) is 0 Å². The molecule has 1 aliphatic carbocycles. The molecule has 0 spiro atoms. The van der Waals surface area contributed by atoms with Crippen LogP contribution in [0.2, 0.25) is 0 Å². The highest BCUT2D eigenvalue weighted by Crippen LogP contribution is 2.34. The second-order valence-electron chi connectivity index (χ2n) is 9.04. The smallest absolute Gasteiger partial charge is 0.433 e. The predicted octanol–water partition coefficient (Wildman–Crippen LogP) is 7.41. The molecule has 0 radical (unpaired) electrons. The van der Waals surface area contributed by atoms with E-state index < -0.39 is 17.8 Å². The largest absolute Gasteiger partial charge is 0.489 e. The molecule has 2 aromatic heterocycles. The first kappa shape index (κ1) is 26.5. The van der Waals surface area contributed by atoms with Crippen molar-refractivity contribution in [3.63, 3.8) is 0 Å². The van der Waals surface area contributed by atoms with Crippen LogP contribution >= 0.6 is 0 Å². The Labute approximate surface area is 203 Å². The van der Waals surface area contributed by atoms with Gasteiger partial charge in [0.15, 0.2) is 0 Å². The van der Waals surface area contributed by atoms with E-state index in [0.29, 0.717) is 17.5 Å². The molecule has 0 aliphatic heterocycles. The summed E-state index contributed by atoms with van der Waals surface area (Å²) in [6, 6.07) is 7.07. The molecule has 1 N–H and O–H groups in total. The van der Waals surface area contributed by atoms with Gasteiger partial charge in [-0.25, -0.2) is 4.98 Å². The van der Waals surface area contributed by atoms with Crippen molar-refractivity contribution in [1.82, 2.24) is 14.8 Å². The maximum Gasteiger partial charge on any atom is 0.433 e. The van der Waals surface area contributed by atoms with Gasteiger partial charge in [-0.2, -0.15) is 18.3 Å². The Morgan fingerprint density at radius 3 is 2.49 bits per heavy atom. The van der Waals surface area contributed by atoms with E-state index in [9.17, 15) is 18.0 Å². The summed E-state index contributed by atoms with van der Waals surface area (Å²) in [5.41, 5.74) is -0.346. The number of benzene rings is 1.